The molecule has 0 saturated heterocycles. The molecule has 0 radical (unpaired) electrons. The number of aromatic nitrogens is 2. The van der Waals surface area contributed by atoms with Crippen molar-refractivity contribution in [2.45, 2.75) is 18.4 Å². The maximum atomic E-state index is 10.1. The Morgan fingerprint density at radius 1 is 1.50 bits per heavy atom. The summed E-state index contributed by atoms with van der Waals surface area (Å²) in [7, 11) is 0. The average molecular weight is 155 g/mol. The second kappa shape index (κ2) is 3.31. The maximum Gasteiger partial charge on any atom is 0.528 e. The van der Waals surface area contributed by atoms with Crippen LogP contribution in [0.1, 0.15) is 12.6 Å². The molecule has 10 heavy (non-hydrogen) atoms. The molecular formula is C6H7N2OS+. The van der Waals surface area contributed by atoms with Crippen molar-refractivity contribution in [2.75, 3.05) is 0 Å². The van der Waals surface area contributed by atoms with E-state index in [1.807, 2.05) is 6.92 Å². The monoisotopic (exact) mass is 155 g/mol. The van der Waals surface area contributed by atoms with Gasteiger partial charge in [0, 0.05) is 4.21 Å². The van der Waals surface area contributed by atoms with E-state index >= 15 is 0 Å². The first kappa shape index (κ1) is 7.21. The Morgan fingerprint density at radius 3 is 2.70 bits per heavy atom. The Hall–Kier alpha value is -0.900. The summed E-state index contributed by atoms with van der Waals surface area (Å²) in [5, 5.41) is 0.428. The van der Waals surface area contributed by atoms with Crippen molar-refractivity contribution in [3.8, 4) is 0 Å². The number of hydrogen-bond donors (Lipinski definition) is 0. The summed E-state index contributed by atoms with van der Waals surface area (Å²) in [6.07, 6.45) is 3.98. The predicted octanol–water partition coefficient (Wildman–Crippen LogP) is 0.826. The van der Waals surface area contributed by atoms with Gasteiger partial charge >= 0.3 is 16.7 Å². The zero-order valence-electron chi connectivity index (χ0n) is 5.57. The molecule has 0 N–H and O–H groups in total. The van der Waals surface area contributed by atoms with E-state index in [0.717, 1.165) is 12.1 Å². The highest BCUT2D eigenvalue weighted by molar-refractivity contribution is 7.65. The first-order valence-electron chi connectivity index (χ1n) is 2.97. The smallest absolute Gasteiger partial charge is 0.252 e. The molecule has 1 rings (SSSR count). The number of rotatable bonds is 2. The summed E-state index contributed by atoms with van der Waals surface area (Å²) < 4.78 is 10.1. The van der Waals surface area contributed by atoms with E-state index < -0.39 is 0 Å². The lowest BCUT2D eigenvalue weighted by Crippen LogP contribution is -1.89. The van der Waals surface area contributed by atoms with Crippen LogP contribution >= 0.6 is 0 Å². The van der Waals surface area contributed by atoms with Gasteiger partial charge in [0.15, 0.2) is 0 Å². The van der Waals surface area contributed by atoms with E-state index in [9.17, 15) is 4.21 Å². The quantitative estimate of drug-likeness (QED) is 0.594. The zero-order chi connectivity index (χ0) is 7.40. The van der Waals surface area contributed by atoms with Crippen LogP contribution in [-0.4, -0.2) is 9.97 Å². The van der Waals surface area contributed by atoms with Gasteiger partial charge in [0.1, 0.15) is 6.20 Å². The maximum absolute atomic E-state index is 10.1. The second-order valence-electron chi connectivity index (χ2n) is 1.78. The predicted molar refractivity (Wildman–Crippen MR) is 37.7 cm³/mol. The number of nitrogens with zero attached hydrogens (tertiary/aromatic N) is 2. The van der Waals surface area contributed by atoms with Crippen LogP contribution in [0.5, 0.6) is 0 Å². The molecule has 3 nitrogen and oxygen atoms in total. The Morgan fingerprint density at radius 2 is 2.30 bits per heavy atom. The highest BCUT2D eigenvalue weighted by atomic mass is 32.1. The standard InChI is InChI=1S/C6H7N2OS/c1-2-5-3-8-6(10-9)4-7-5/h3-4H,2H2,1H3/q+1. The summed E-state index contributed by atoms with van der Waals surface area (Å²) in [6.45, 7) is 1.99. The van der Waals surface area contributed by atoms with Gasteiger partial charge in [-0.3, -0.25) is 4.98 Å². The van der Waals surface area contributed by atoms with Crippen molar-refractivity contribution >= 4 is 11.7 Å². The minimum absolute atomic E-state index is 0.364. The Kier molecular flexibility index (Phi) is 2.39. The molecule has 52 valence electrons. The van der Waals surface area contributed by atoms with Crippen LogP contribution in [0.25, 0.3) is 0 Å². The molecule has 4 heteroatoms. The third-order valence-electron chi connectivity index (χ3n) is 1.13. The van der Waals surface area contributed by atoms with Gasteiger partial charge in [-0.15, -0.1) is 0 Å². The fourth-order valence-corrected chi connectivity index (χ4v) is 0.760. The lowest BCUT2D eigenvalue weighted by Gasteiger charge is -1.87. The van der Waals surface area contributed by atoms with E-state index in [1.165, 1.54) is 6.20 Å². The van der Waals surface area contributed by atoms with Crippen molar-refractivity contribution in [1.29, 1.82) is 0 Å². The molecular weight excluding hydrogens is 148 g/mol. The fourth-order valence-electron chi connectivity index (χ4n) is 0.569. The van der Waals surface area contributed by atoms with Gasteiger partial charge in [-0.2, -0.15) is 4.98 Å². The van der Waals surface area contributed by atoms with Crippen LogP contribution in [0, 0.1) is 0 Å². The van der Waals surface area contributed by atoms with E-state index in [1.54, 1.807) is 6.20 Å². The SMILES string of the molecule is CCc1cnc([S+]=O)cn1. The molecule has 0 atom stereocenters. The Balaban J connectivity index is 2.90. The summed E-state index contributed by atoms with van der Waals surface area (Å²) in [6, 6.07) is 0. The normalized spacial score (nSPS) is 9.30. The molecule has 0 unspecified atom stereocenters. The zero-order valence-corrected chi connectivity index (χ0v) is 6.39. The topological polar surface area (TPSA) is 42.9 Å². The molecule has 0 fully saturated rings. The first-order chi connectivity index (χ1) is 4.86. The molecule has 1 aromatic heterocycles. The number of aryl methyl sites for hydroxylation is 1. The molecule has 0 aromatic carbocycles. The van der Waals surface area contributed by atoms with Crippen molar-refractivity contribution in [3.05, 3.63) is 18.1 Å². The van der Waals surface area contributed by atoms with Gasteiger partial charge in [-0.05, 0) is 6.42 Å². The van der Waals surface area contributed by atoms with Crippen molar-refractivity contribution in [3.63, 3.8) is 0 Å². The molecule has 0 spiro atoms. The lowest BCUT2D eigenvalue weighted by molar-refractivity contribution is 0.603. The summed E-state index contributed by atoms with van der Waals surface area (Å²) in [5.41, 5.74) is 0.915. The highest BCUT2D eigenvalue weighted by Gasteiger charge is 2.06. The fraction of sp³-hybridized carbons (Fsp3) is 0.333. The van der Waals surface area contributed by atoms with Crippen molar-refractivity contribution in [1.82, 2.24) is 9.97 Å². The molecule has 1 heterocycles. The third-order valence-corrected chi connectivity index (χ3v) is 1.51. The summed E-state index contributed by atoms with van der Waals surface area (Å²) in [4.78, 5) is 7.84. The van der Waals surface area contributed by atoms with Crippen LogP contribution < -0.4 is 0 Å². The molecule has 0 bridgehead atoms. The van der Waals surface area contributed by atoms with Gasteiger partial charge in [0.25, 0.3) is 0 Å². The summed E-state index contributed by atoms with van der Waals surface area (Å²) >= 11 is 0.364. The van der Waals surface area contributed by atoms with Crippen molar-refractivity contribution < 1.29 is 4.21 Å². The molecule has 0 amide bonds. The van der Waals surface area contributed by atoms with E-state index in [-0.39, 0.29) is 0 Å². The van der Waals surface area contributed by atoms with Crippen LogP contribution in [0.15, 0.2) is 17.4 Å². The first-order valence-corrected chi connectivity index (χ1v) is 3.71. The third kappa shape index (κ3) is 1.54. The van der Waals surface area contributed by atoms with Gasteiger partial charge in [0.2, 0.25) is 0 Å². The highest BCUT2D eigenvalue weighted by Crippen LogP contribution is 1.94. The molecule has 0 aliphatic heterocycles. The summed E-state index contributed by atoms with van der Waals surface area (Å²) in [5.74, 6) is 0. The Labute approximate surface area is 63.0 Å². The van der Waals surface area contributed by atoms with Gasteiger partial charge < -0.3 is 0 Å². The Bertz CT molecular complexity index is 222. The molecule has 1 aromatic rings. The molecule has 0 saturated carbocycles. The molecule has 0 aliphatic rings. The molecule has 0 aliphatic carbocycles. The second-order valence-corrected chi connectivity index (χ2v) is 2.37. The van der Waals surface area contributed by atoms with Gasteiger partial charge in [-0.25, -0.2) is 0 Å². The average Bonchev–Trinajstić information content (AvgIpc) is 2.05. The van der Waals surface area contributed by atoms with E-state index in [0.29, 0.717) is 16.7 Å². The minimum atomic E-state index is 0.364. The van der Waals surface area contributed by atoms with Gasteiger partial charge in [0.05, 0.1) is 11.9 Å². The minimum Gasteiger partial charge on any atom is -0.252 e. The number of hydrogen-bond acceptors (Lipinski definition) is 3. The van der Waals surface area contributed by atoms with Crippen molar-refractivity contribution in [2.24, 2.45) is 0 Å². The van der Waals surface area contributed by atoms with E-state index in [2.05, 4.69) is 9.97 Å². The van der Waals surface area contributed by atoms with Gasteiger partial charge in [-0.1, -0.05) is 6.92 Å². The largest absolute Gasteiger partial charge is 0.528 e. The van der Waals surface area contributed by atoms with Crippen LogP contribution in [0.3, 0.4) is 0 Å². The van der Waals surface area contributed by atoms with Crippen LogP contribution in [0.4, 0.5) is 0 Å². The van der Waals surface area contributed by atoms with Crippen LogP contribution in [0.2, 0.25) is 0 Å². The lowest BCUT2D eigenvalue weighted by atomic mass is 10.4. The van der Waals surface area contributed by atoms with Crippen LogP contribution in [-0.2, 0) is 22.3 Å². The van der Waals surface area contributed by atoms with E-state index in [4.69, 9.17) is 0 Å².